The number of oxazole rings is 1. The number of amides is 2. The molecule has 2 amide bonds. The highest BCUT2D eigenvalue weighted by atomic mass is 16.4. The Morgan fingerprint density at radius 3 is 2.89 bits per heavy atom. The van der Waals surface area contributed by atoms with Crippen molar-refractivity contribution in [2.24, 2.45) is 0 Å². The van der Waals surface area contributed by atoms with Crippen molar-refractivity contribution in [3.05, 3.63) is 72.2 Å². The molecule has 1 aliphatic heterocycles. The third-order valence-electron chi connectivity index (χ3n) is 4.89. The third-order valence-corrected chi connectivity index (χ3v) is 4.89. The summed E-state index contributed by atoms with van der Waals surface area (Å²) >= 11 is 0. The minimum atomic E-state index is -0.346. The Bertz CT molecular complexity index is 1190. The van der Waals surface area contributed by atoms with Crippen LogP contribution in [-0.2, 0) is 11.3 Å². The van der Waals surface area contributed by atoms with Gasteiger partial charge >= 0.3 is 6.01 Å². The number of fused-ring (bicyclic) bond motifs is 2. The molecule has 0 radical (unpaired) electrons. The zero-order valence-electron chi connectivity index (χ0n) is 14.8. The number of aromatic amines is 1. The summed E-state index contributed by atoms with van der Waals surface area (Å²) in [5.74, 6) is -0.496. The largest absolute Gasteiger partial charge is 0.432 e. The number of rotatable bonds is 4. The van der Waals surface area contributed by atoms with E-state index in [0.29, 0.717) is 12.1 Å². The lowest BCUT2D eigenvalue weighted by atomic mass is 9.99. The molecule has 7 heteroatoms. The monoisotopic (exact) mass is 372 g/mol. The van der Waals surface area contributed by atoms with Gasteiger partial charge in [0, 0.05) is 23.8 Å². The molecular formula is C21H16N4O3. The van der Waals surface area contributed by atoms with E-state index in [9.17, 15) is 9.59 Å². The SMILES string of the molecule is O=C(CN1Cc2ccc(-c3ccc4[nH]ccc4c3)cc2C1=O)Nc1ncco1. The number of hydrogen-bond acceptors (Lipinski definition) is 4. The maximum absolute atomic E-state index is 12.8. The van der Waals surface area contributed by atoms with Crippen molar-refractivity contribution in [3.8, 4) is 11.1 Å². The van der Waals surface area contributed by atoms with Crippen LogP contribution in [0.5, 0.6) is 0 Å². The number of hydrogen-bond donors (Lipinski definition) is 2. The highest BCUT2D eigenvalue weighted by molar-refractivity contribution is 6.02. The topological polar surface area (TPSA) is 91.2 Å². The standard InChI is InChI=1S/C21H16N4O3/c26-19(24-21-23-7-8-28-21)12-25-11-16-2-1-14(10-17(16)20(25)27)13-3-4-18-15(9-13)5-6-22-18/h1-10,22H,11-12H2,(H,23,24,26). The van der Waals surface area contributed by atoms with Crippen molar-refractivity contribution in [2.75, 3.05) is 11.9 Å². The molecule has 4 aromatic rings. The lowest BCUT2D eigenvalue weighted by molar-refractivity contribution is -0.117. The molecule has 0 saturated heterocycles. The van der Waals surface area contributed by atoms with E-state index >= 15 is 0 Å². The van der Waals surface area contributed by atoms with Gasteiger partial charge in [0.15, 0.2) is 0 Å². The average molecular weight is 372 g/mol. The van der Waals surface area contributed by atoms with Crippen LogP contribution in [0.4, 0.5) is 6.01 Å². The van der Waals surface area contributed by atoms with Crippen LogP contribution in [0.25, 0.3) is 22.0 Å². The molecule has 138 valence electrons. The minimum absolute atomic E-state index is 0.0550. The molecule has 2 aromatic carbocycles. The van der Waals surface area contributed by atoms with Gasteiger partial charge in [0.2, 0.25) is 5.91 Å². The summed E-state index contributed by atoms with van der Waals surface area (Å²) in [5.41, 5.74) is 4.64. The van der Waals surface area contributed by atoms with Gasteiger partial charge in [-0.05, 0) is 46.3 Å². The molecule has 0 aliphatic carbocycles. The molecule has 28 heavy (non-hydrogen) atoms. The summed E-state index contributed by atoms with van der Waals surface area (Å²) in [6.45, 7) is 0.352. The first-order chi connectivity index (χ1) is 13.7. The van der Waals surface area contributed by atoms with Gasteiger partial charge in [0.1, 0.15) is 12.8 Å². The van der Waals surface area contributed by atoms with E-state index in [1.165, 1.54) is 17.4 Å². The van der Waals surface area contributed by atoms with Gasteiger partial charge in [-0.25, -0.2) is 4.98 Å². The summed E-state index contributed by atoms with van der Waals surface area (Å²) in [7, 11) is 0. The van der Waals surface area contributed by atoms with Crippen molar-refractivity contribution < 1.29 is 14.0 Å². The van der Waals surface area contributed by atoms with E-state index in [2.05, 4.69) is 21.4 Å². The molecule has 2 N–H and O–H groups in total. The van der Waals surface area contributed by atoms with Crippen molar-refractivity contribution in [2.45, 2.75) is 6.54 Å². The molecular weight excluding hydrogens is 356 g/mol. The maximum atomic E-state index is 12.8. The van der Waals surface area contributed by atoms with Crippen molar-refractivity contribution in [1.29, 1.82) is 0 Å². The molecule has 1 aliphatic rings. The Morgan fingerprint density at radius 2 is 2.04 bits per heavy atom. The first-order valence-electron chi connectivity index (χ1n) is 8.86. The minimum Gasteiger partial charge on any atom is -0.432 e. The van der Waals surface area contributed by atoms with Gasteiger partial charge in [-0.15, -0.1) is 0 Å². The zero-order chi connectivity index (χ0) is 19.1. The fourth-order valence-electron chi connectivity index (χ4n) is 3.52. The fraction of sp³-hybridized carbons (Fsp3) is 0.0952. The molecule has 2 aromatic heterocycles. The Hall–Kier alpha value is -3.87. The number of benzene rings is 2. The van der Waals surface area contributed by atoms with Crippen molar-refractivity contribution in [3.63, 3.8) is 0 Å². The van der Waals surface area contributed by atoms with Crippen LogP contribution in [0.2, 0.25) is 0 Å². The van der Waals surface area contributed by atoms with E-state index in [-0.39, 0.29) is 24.4 Å². The first kappa shape index (κ1) is 16.3. The van der Waals surface area contributed by atoms with Crippen molar-refractivity contribution >= 4 is 28.7 Å². The molecule has 3 heterocycles. The Balaban J connectivity index is 1.36. The number of carbonyl (C=O) groups excluding carboxylic acids is 2. The molecule has 0 fully saturated rings. The predicted octanol–water partition coefficient (Wildman–Crippen LogP) is 3.42. The molecule has 0 spiro atoms. The third kappa shape index (κ3) is 2.83. The summed E-state index contributed by atoms with van der Waals surface area (Å²) in [4.78, 5) is 33.5. The number of nitrogens with zero attached hydrogens (tertiary/aromatic N) is 2. The van der Waals surface area contributed by atoms with Crippen LogP contribution in [0.3, 0.4) is 0 Å². The molecule has 0 atom stereocenters. The molecule has 0 bridgehead atoms. The molecule has 0 saturated carbocycles. The van der Waals surface area contributed by atoms with Crippen LogP contribution < -0.4 is 5.32 Å². The highest BCUT2D eigenvalue weighted by Gasteiger charge is 2.29. The summed E-state index contributed by atoms with van der Waals surface area (Å²) in [6, 6.07) is 14.2. The Kier molecular flexibility index (Phi) is 3.72. The van der Waals surface area contributed by atoms with Crippen LogP contribution in [0, 0.1) is 0 Å². The maximum Gasteiger partial charge on any atom is 0.301 e. The number of anilines is 1. The fourth-order valence-corrected chi connectivity index (χ4v) is 3.52. The van der Waals surface area contributed by atoms with Gasteiger partial charge in [-0.1, -0.05) is 18.2 Å². The van der Waals surface area contributed by atoms with E-state index in [4.69, 9.17) is 4.42 Å². The van der Waals surface area contributed by atoms with Crippen molar-refractivity contribution in [1.82, 2.24) is 14.9 Å². The Labute approximate surface area is 160 Å². The normalized spacial score (nSPS) is 13.1. The second-order valence-corrected chi connectivity index (χ2v) is 6.70. The van der Waals surface area contributed by atoms with Gasteiger partial charge in [0.25, 0.3) is 5.91 Å². The van der Waals surface area contributed by atoms with Crippen LogP contribution in [0.15, 0.2) is 65.5 Å². The summed E-state index contributed by atoms with van der Waals surface area (Å²) in [6.07, 6.45) is 4.72. The van der Waals surface area contributed by atoms with Crippen LogP contribution in [0.1, 0.15) is 15.9 Å². The van der Waals surface area contributed by atoms with Crippen LogP contribution in [-0.4, -0.2) is 33.2 Å². The quantitative estimate of drug-likeness (QED) is 0.574. The number of nitrogens with one attached hydrogen (secondary N) is 2. The van der Waals surface area contributed by atoms with Gasteiger partial charge in [0.05, 0.1) is 6.20 Å². The molecule has 0 unspecified atom stereocenters. The first-order valence-corrected chi connectivity index (χ1v) is 8.86. The average Bonchev–Trinajstić information content (AvgIpc) is 3.43. The van der Waals surface area contributed by atoms with E-state index in [1.54, 1.807) is 0 Å². The van der Waals surface area contributed by atoms with E-state index < -0.39 is 0 Å². The number of carbonyl (C=O) groups is 2. The predicted molar refractivity (Wildman–Crippen MR) is 104 cm³/mol. The number of H-pyrrole nitrogens is 1. The molecule has 5 rings (SSSR count). The lowest BCUT2D eigenvalue weighted by Gasteiger charge is -2.14. The second-order valence-electron chi connectivity index (χ2n) is 6.70. The van der Waals surface area contributed by atoms with E-state index in [0.717, 1.165) is 27.6 Å². The smallest absolute Gasteiger partial charge is 0.301 e. The van der Waals surface area contributed by atoms with E-state index in [1.807, 2.05) is 42.6 Å². The lowest BCUT2D eigenvalue weighted by Crippen LogP contribution is -2.33. The van der Waals surface area contributed by atoms with Gasteiger partial charge < -0.3 is 14.3 Å². The Morgan fingerprint density at radius 1 is 1.18 bits per heavy atom. The number of aromatic nitrogens is 2. The summed E-state index contributed by atoms with van der Waals surface area (Å²) < 4.78 is 5.00. The highest BCUT2D eigenvalue weighted by Crippen LogP contribution is 2.30. The summed E-state index contributed by atoms with van der Waals surface area (Å²) in [5, 5.41) is 3.65. The van der Waals surface area contributed by atoms with Gasteiger partial charge in [-0.2, -0.15) is 0 Å². The van der Waals surface area contributed by atoms with Crippen LogP contribution >= 0.6 is 0 Å². The molecule has 7 nitrogen and oxygen atoms in total. The zero-order valence-corrected chi connectivity index (χ0v) is 14.8. The second kappa shape index (κ2) is 6.38. The van der Waals surface area contributed by atoms with Gasteiger partial charge in [-0.3, -0.25) is 14.9 Å².